The third-order valence-electron chi connectivity index (χ3n) is 4.16. The smallest absolute Gasteiger partial charge is 0.319 e. The SMILES string of the molecule is CN(C)CCN1CCN(C(=O)N(C)C)C2CCC21. The minimum absolute atomic E-state index is 0.178. The Balaban J connectivity index is 1.91. The average molecular weight is 254 g/mol. The molecule has 0 radical (unpaired) electrons. The Kier molecular flexibility index (Phi) is 4.12. The maximum Gasteiger partial charge on any atom is 0.319 e. The third kappa shape index (κ3) is 2.62. The highest BCUT2D eigenvalue weighted by Gasteiger charge is 2.44. The second-order valence-electron chi connectivity index (χ2n) is 5.92. The monoisotopic (exact) mass is 254 g/mol. The Hall–Kier alpha value is -0.810. The molecule has 1 heterocycles. The number of likely N-dealkylation sites (N-methyl/N-ethyl adjacent to an activating group) is 1. The van der Waals surface area contributed by atoms with Crippen LogP contribution in [-0.4, -0.2) is 92.1 Å². The number of urea groups is 1. The number of fused-ring (bicyclic) bond motifs is 1. The third-order valence-corrected chi connectivity index (χ3v) is 4.16. The fourth-order valence-corrected chi connectivity index (χ4v) is 2.92. The second-order valence-corrected chi connectivity index (χ2v) is 5.92. The van der Waals surface area contributed by atoms with Crippen LogP contribution in [-0.2, 0) is 0 Å². The molecule has 1 saturated heterocycles. The number of nitrogens with zero attached hydrogens (tertiary/aromatic N) is 4. The largest absolute Gasteiger partial charge is 0.331 e. The number of hydrogen-bond acceptors (Lipinski definition) is 3. The lowest BCUT2D eigenvalue weighted by Gasteiger charge is -2.54. The first-order valence-electron chi connectivity index (χ1n) is 6.87. The quantitative estimate of drug-likeness (QED) is 0.729. The number of piperazine rings is 1. The summed E-state index contributed by atoms with van der Waals surface area (Å²) in [7, 11) is 7.91. The van der Waals surface area contributed by atoms with Crippen molar-refractivity contribution in [2.24, 2.45) is 0 Å². The van der Waals surface area contributed by atoms with E-state index in [1.165, 1.54) is 12.8 Å². The van der Waals surface area contributed by atoms with Crippen molar-refractivity contribution in [2.75, 3.05) is 54.4 Å². The summed E-state index contributed by atoms with van der Waals surface area (Å²) < 4.78 is 0. The van der Waals surface area contributed by atoms with Crippen molar-refractivity contribution in [3.05, 3.63) is 0 Å². The highest BCUT2D eigenvalue weighted by molar-refractivity contribution is 5.74. The molecule has 2 fully saturated rings. The Morgan fingerprint density at radius 3 is 2.28 bits per heavy atom. The molecule has 2 unspecified atom stereocenters. The van der Waals surface area contributed by atoms with Crippen molar-refractivity contribution in [1.82, 2.24) is 19.6 Å². The number of rotatable bonds is 3. The topological polar surface area (TPSA) is 30.0 Å². The molecule has 0 aromatic carbocycles. The van der Waals surface area contributed by atoms with Crippen molar-refractivity contribution < 1.29 is 4.79 Å². The Morgan fingerprint density at radius 1 is 1.11 bits per heavy atom. The molecule has 104 valence electrons. The van der Waals surface area contributed by atoms with Gasteiger partial charge < -0.3 is 14.7 Å². The zero-order valence-electron chi connectivity index (χ0n) is 12.1. The number of carbonyl (C=O) groups excluding carboxylic acids is 1. The summed E-state index contributed by atoms with van der Waals surface area (Å²) in [5.74, 6) is 0. The molecule has 18 heavy (non-hydrogen) atoms. The molecular weight excluding hydrogens is 228 g/mol. The van der Waals surface area contributed by atoms with Crippen LogP contribution in [0.5, 0.6) is 0 Å². The fraction of sp³-hybridized carbons (Fsp3) is 0.923. The maximum atomic E-state index is 12.1. The number of carbonyl (C=O) groups is 1. The van der Waals surface area contributed by atoms with Gasteiger partial charge in [-0.25, -0.2) is 4.79 Å². The lowest BCUT2D eigenvalue weighted by atomic mass is 9.82. The molecule has 1 saturated carbocycles. The molecule has 2 rings (SSSR count). The Morgan fingerprint density at radius 2 is 1.78 bits per heavy atom. The Bertz CT molecular complexity index is 305. The van der Waals surface area contributed by atoms with E-state index in [0.29, 0.717) is 12.1 Å². The van der Waals surface area contributed by atoms with Gasteiger partial charge in [-0.15, -0.1) is 0 Å². The van der Waals surface area contributed by atoms with E-state index in [1.54, 1.807) is 4.90 Å². The minimum Gasteiger partial charge on any atom is -0.331 e. The fourth-order valence-electron chi connectivity index (χ4n) is 2.92. The summed E-state index contributed by atoms with van der Waals surface area (Å²) in [6.45, 7) is 4.13. The van der Waals surface area contributed by atoms with Gasteiger partial charge in [0.15, 0.2) is 0 Å². The summed E-state index contributed by atoms with van der Waals surface area (Å²) in [5.41, 5.74) is 0. The first-order chi connectivity index (χ1) is 8.50. The van der Waals surface area contributed by atoms with E-state index in [0.717, 1.165) is 26.2 Å². The van der Waals surface area contributed by atoms with Gasteiger partial charge in [0.1, 0.15) is 0 Å². The van der Waals surface area contributed by atoms with Crippen LogP contribution in [0.15, 0.2) is 0 Å². The molecule has 0 N–H and O–H groups in total. The molecular formula is C13H26N4O. The predicted octanol–water partition coefficient (Wildman–Crippen LogP) is 0.378. The first kappa shape index (κ1) is 13.6. The van der Waals surface area contributed by atoms with E-state index in [1.807, 2.05) is 14.1 Å². The van der Waals surface area contributed by atoms with Gasteiger partial charge in [-0.3, -0.25) is 4.90 Å². The first-order valence-corrected chi connectivity index (χ1v) is 6.87. The van der Waals surface area contributed by atoms with Gasteiger partial charge in [-0.1, -0.05) is 0 Å². The molecule has 0 bridgehead atoms. The standard InChI is InChI=1S/C13H26N4O/c1-14(2)7-8-16-9-10-17(13(18)15(3)4)12-6-5-11(12)16/h11-12H,5-10H2,1-4H3. The molecule has 0 spiro atoms. The van der Waals surface area contributed by atoms with E-state index in [2.05, 4.69) is 28.8 Å². The van der Waals surface area contributed by atoms with E-state index in [9.17, 15) is 4.79 Å². The minimum atomic E-state index is 0.178. The van der Waals surface area contributed by atoms with Crippen LogP contribution in [0, 0.1) is 0 Å². The van der Waals surface area contributed by atoms with Crippen molar-refractivity contribution in [3.63, 3.8) is 0 Å². The zero-order valence-corrected chi connectivity index (χ0v) is 12.1. The van der Waals surface area contributed by atoms with Gasteiger partial charge in [0, 0.05) is 52.4 Å². The molecule has 2 aliphatic rings. The lowest BCUT2D eigenvalue weighted by Crippen LogP contribution is -2.67. The normalized spacial score (nSPS) is 27.9. The summed E-state index contributed by atoms with van der Waals surface area (Å²) in [6, 6.07) is 1.23. The molecule has 5 heteroatoms. The zero-order chi connectivity index (χ0) is 13.3. The van der Waals surface area contributed by atoms with E-state index < -0.39 is 0 Å². The van der Waals surface area contributed by atoms with Gasteiger partial charge in [0.2, 0.25) is 0 Å². The van der Waals surface area contributed by atoms with Crippen LogP contribution in [0.2, 0.25) is 0 Å². The molecule has 0 aromatic heterocycles. The van der Waals surface area contributed by atoms with E-state index >= 15 is 0 Å². The predicted molar refractivity (Wildman–Crippen MR) is 72.7 cm³/mol. The summed E-state index contributed by atoms with van der Waals surface area (Å²) in [4.78, 5) is 20.6. The molecule has 5 nitrogen and oxygen atoms in total. The number of hydrogen-bond donors (Lipinski definition) is 0. The van der Waals surface area contributed by atoms with Crippen LogP contribution in [0.1, 0.15) is 12.8 Å². The molecule has 1 aliphatic heterocycles. The van der Waals surface area contributed by atoms with Crippen molar-refractivity contribution in [3.8, 4) is 0 Å². The number of amides is 2. The van der Waals surface area contributed by atoms with Crippen molar-refractivity contribution in [1.29, 1.82) is 0 Å². The van der Waals surface area contributed by atoms with Gasteiger partial charge in [0.25, 0.3) is 0 Å². The van der Waals surface area contributed by atoms with Crippen LogP contribution in [0.4, 0.5) is 4.79 Å². The van der Waals surface area contributed by atoms with E-state index in [4.69, 9.17) is 0 Å². The highest BCUT2D eigenvalue weighted by atomic mass is 16.2. The summed E-state index contributed by atoms with van der Waals surface area (Å²) >= 11 is 0. The summed E-state index contributed by atoms with van der Waals surface area (Å²) in [6.07, 6.45) is 2.41. The Labute approximate surface area is 110 Å². The molecule has 2 atom stereocenters. The molecule has 2 amide bonds. The van der Waals surface area contributed by atoms with Crippen LogP contribution >= 0.6 is 0 Å². The van der Waals surface area contributed by atoms with Gasteiger partial charge in [-0.05, 0) is 26.9 Å². The summed E-state index contributed by atoms with van der Waals surface area (Å²) in [5, 5.41) is 0. The van der Waals surface area contributed by atoms with Crippen LogP contribution in [0.3, 0.4) is 0 Å². The molecule has 0 aromatic rings. The average Bonchev–Trinajstić information content (AvgIpc) is 2.26. The van der Waals surface area contributed by atoms with E-state index in [-0.39, 0.29) is 6.03 Å². The van der Waals surface area contributed by atoms with Crippen molar-refractivity contribution in [2.45, 2.75) is 24.9 Å². The highest BCUT2D eigenvalue weighted by Crippen LogP contribution is 2.33. The second kappa shape index (κ2) is 5.45. The van der Waals surface area contributed by atoms with Gasteiger partial charge in [-0.2, -0.15) is 0 Å². The van der Waals surface area contributed by atoms with Crippen molar-refractivity contribution >= 4 is 6.03 Å². The van der Waals surface area contributed by atoms with Crippen LogP contribution in [0.25, 0.3) is 0 Å². The molecule has 1 aliphatic carbocycles. The van der Waals surface area contributed by atoms with Gasteiger partial charge in [0.05, 0.1) is 0 Å². The lowest BCUT2D eigenvalue weighted by molar-refractivity contribution is -0.0238. The van der Waals surface area contributed by atoms with Crippen LogP contribution < -0.4 is 0 Å². The van der Waals surface area contributed by atoms with Gasteiger partial charge >= 0.3 is 6.03 Å². The maximum absolute atomic E-state index is 12.1.